The second-order valence-electron chi connectivity index (χ2n) is 4.36. The summed E-state index contributed by atoms with van der Waals surface area (Å²) in [5.74, 6) is 0. The summed E-state index contributed by atoms with van der Waals surface area (Å²) in [4.78, 5) is 2.21. The van der Waals surface area contributed by atoms with Crippen LogP contribution in [0.4, 0.5) is 11.4 Å². The molecule has 0 saturated heterocycles. The van der Waals surface area contributed by atoms with Crippen molar-refractivity contribution in [3.63, 3.8) is 0 Å². The lowest BCUT2D eigenvalue weighted by Crippen LogP contribution is -2.13. The van der Waals surface area contributed by atoms with Crippen LogP contribution in [0.3, 0.4) is 0 Å². The van der Waals surface area contributed by atoms with Crippen LogP contribution in [-0.2, 0) is 10.0 Å². The molecular weight excluding hydrogens is 260 g/mol. The van der Waals surface area contributed by atoms with Gasteiger partial charge in [0.15, 0.2) is 0 Å². The Hall–Kier alpha value is -2.01. The van der Waals surface area contributed by atoms with Crippen molar-refractivity contribution >= 4 is 21.4 Å². The largest absolute Gasteiger partial charge is 0.378 e. The van der Waals surface area contributed by atoms with Crippen LogP contribution >= 0.6 is 0 Å². The zero-order valence-corrected chi connectivity index (χ0v) is 11.7. The van der Waals surface area contributed by atoms with E-state index < -0.39 is 10.0 Å². The second kappa shape index (κ2) is 5.32. The Morgan fingerprint density at radius 2 is 1.47 bits per heavy atom. The van der Waals surface area contributed by atoms with Gasteiger partial charge < -0.3 is 4.90 Å². The van der Waals surface area contributed by atoms with Gasteiger partial charge in [-0.1, -0.05) is 18.2 Å². The molecule has 0 radical (unpaired) electrons. The van der Waals surface area contributed by atoms with Gasteiger partial charge in [0.1, 0.15) is 0 Å². The van der Waals surface area contributed by atoms with Gasteiger partial charge in [-0.15, -0.1) is 0 Å². The molecule has 0 aliphatic heterocycles. The summed E-state index contributed by atoms with van der Waals surface area (Å²) < 4.78 is 26.8. The van der Waals surface area contributed by atoms with Crippen LogP contribution in [0.15, 0.2) is 59.5 Å². The van der Waals surface area contributed by atoms with Gasteiger partial charge >= 0.3 is 0 Å². The second-order valence-corrected chi connectivity index (χ2v) is 6.04. The fraction of sp³-hybridized carbons (Fsp3) is 0.143. The van der Waals surface area contributed by atoms with E-state index in [0.717, 1.165) is 5.69 Å². The van der Waals surface area contributed by atoms with Crippen molar-refractivity contribution in [1.82, 2.24) is 0 Å². The SMILES string of the molecule is CN(C)c1ccc(NS(=O)(=O)c2ccccc2)cc1. The highest BCUT2D eigenvalue weighted by Gasteiger charge is 2.13. The molecule has 0 unspecified atom stereocenters. The van der Waals surface area contributed by atoms with Crippen LogP contribution in [0.25, 0.3) is 0 Å². The van der Waals surface area contributed by atoms with Crippen molar-refractivity contribution in [1.29, 1.82) is 0 Å². The topological polar surface area (TPSA) is 49.4 Å². The van der Waals surface area contributed by atoms with E-state index in [4.69, 9.17) is 0 Å². The fourth-order valence-corrected chi connectivity index (χ4v) is 2.72. The minimum Gasteiger partial charge on any atom is -0.378 e. The highest BCUT2D eigenvalue weighted by Crippen LogP contribution is 2.19. The molecule has 2 rings (SSSR count). The molecule has 0 aliphatic rings. The van der Waals surface area contributed by atoms with Gasteiger partial charge in [-0.2, -0.15) is 0 Å². The van der Waals surface area contributed by atoms with Crippen molar-refractivity contribution in [3.8, 4) is 0 Å². The van der Waals surface area contributed by atoms with Crippen molar-refractivity contribution in [2.75, 3.05) is 23.7 Å². The Bertz CT molecular complexity index is 635. The summed E-state index contributed by atoms with van der Waals surface area (Å²) in [5.41, 5.74) is 1.57. The van der Waals surface area contributed by atoms with Crippen molar-refractivity contribution in [3.05, 3.63) is 54.6 Å². The number of sulfonamides is 1. The summed E-state index contributed by atoms with van der Waals surface area (Å²) in [6, 6.07) is 15.5. The van der Waals surface area contributed by atoms with Crippen molar-refractivity contribution in [2.45, 2.75) is 4.90 Å². The van der Waals surface area contributed by atoms with Gasteiger partial charge in [0, 0.05) is 25.5 Å². The molecule has 2 aromatic rings. The number of rotatable bonds is 4. The fourth-order valence-electron chi connectivity index (χ4n) is 1.64. The van der Waals surface area contributed by atoms with E-state index in [0.29, 0.717) is 5.69 Å². The van der Waals surface area contributed by atoms with Crippen LogP contribution in [0.5, 0.6) is 0 Å². The lowest BCUT2D eigenvalue weighted by molar-refractivity contribution is 0.601. The molecule has 0 aliphatic carbocycles. The van der Waals surface area contributed by atoms with Crippen LogP contribution in [-0.4, -0.2) is 22.5 Å². The third-order valence-electron chi connectivity index (χ3n) is 2.69. The zero-order chi connectivity index (χ0) is 13.9. The molecule has 4 nitrogen and oxygen atoms in total. The van der Waals surface area contributed by atoms with Gasteiger partial charge in [-0.25, -0.2) is 8.42 Å². The van der Waals surface area contributed by atoms with Gasteiger partial charge in [0.25, 0.3) is 10.0 Å². The molecule has 5 heteroatoms. The highest BCUT2D eigenvalue weighted by molar-refractivity contribution is 7.92. The monoisotopic (exact) mass is 276 g/mol. The molecule has 0 aromatic heterocycles. The van der Waals surface area contributed by atoms with Gasteiger partial charge in [-0.05, 0) is 36.4 Å². The van der Waals surface area contributed by atoms with Gasteiger partial charge in [-0.3, -0.25) is 4.72 Å². The zero-order valence-electron chi connectivity index (χ0n) is 10.9. The Morgan fingerprint density at radius 3 is 2.00 bits per heavy atom. The Labute approximate surface area is 113 Å². The van der Waals surface area contributed by atoms with E-state index >= 15 is 0 Å². The molecule has 0 saturated carbocycles. The maximum absolute atomic E-state index is 12.1. The predicted octanol–water partition coefficient (Wildman–Crippen LogP) is 2.55. The molecule has 0 amide bonds. The molecule has 2 aromatic carbocycles. The van der Waals surface area contributed by atoms with E-state index in [9.17, 15) is 8.42 Å². The molecular formula is C14H16N2O2S. The first kappa shape index (κ1) is 13.4. The summed E-state index contributed by atoms with van der Waals surface area (Å²) in [6.45, 7) is 0. The first-order chi connectivity index (χ1) is 8.99. The maximum Gasteiger partial charge on any atom is 0.261 e. The van der Waals surface area contributed by atoms with E-state index in [1.165, 1.54) is 0 Å². The third kappa shape index (κ3) is 3.26. The molecule has 0 atom stereocenters. The van der Waals surface area contributed by atoms with Crippen LogP contribution < -0.4 is 9.62 Å². The summed E-state index contributed by atoms with van der Waals surface area (Å²) in [5, 5.41) is 0. The van der Waals surface area contributed by atoms with E-state index in [-0.39, 0.29) is 4.90 Å². The quantitative estimate of drug-likeness (QED) is 0.933. The van der Waals surface area contributed by atoms with E-state index in [1.807, 2.05) is 31.1 Å². The molecule has 0 fully saturated rings. The lowest BCUT2D eigenvalue weighted by Gasteiger charge is -2.13. The average Bonchev–Trinajstić information content (AvgIpc) is 2.40. The third-order valence-corrected chi connectivity index (χ3v) is 4.09. The average molecular weight is 276 g/mol. The molecule has 0 heterocycles. The molecule has 19 heavy (non-hydrogen) atoms. The first-order valence-corrected chi connectivity index (χ1v) is 7.32. The number of anilines is 2. The standard InChI is InChI=1S/C14H16N2O2S/c1-16(2)13-10-8-12(9-11-13)15-19(17,18)14-6-4-3-5-7-14/h3-11,15H,1-2H3. The Morgan fingerprint density at radius 1 is 0.895 bits per heavy atom. The molecule has 1 N–H and O–H groups in total. The number of hydrogen-bond acceptors (Lipinski definition) is 3. The lowest BCUT2D eigenvalue weighted by atomic mass is 10.3. The van der Waals surface area contributed by atoms with Gasteiger partial charge in [0.05, 0.1) is 4.90 Å². The Balaban J connectivity index is 2.21. The predicted molar refractivity (Wildman–Crippen MR) is 78.0 cm³/mol. The summed E-state index contributed by atoms with van der Waals surface area (Å²) >= 11 is 0. The highest BCUT2D eigenvalue weighted by atomic mass is 32.2. The van der Waals surface area contributed by atoms with Crippen LogP contribution in [0.1, 0.15) is 0 Å². The normalized spacial score (nSPS) is 11.1. The smallest absolute Gasteiger partial charge is 0.261 e. The first-order valence-electron chi connectivity index (χ1n) is 5.84. The maximum atomic E-state index is 12.1. The van der Waals surface area contributed by atoms with Crippen LogP contribution in [0, 0.1) is 0 Å². The molecule has 0 spiro atoms. The molecule has 100 valence electrons. The van der Waals surface area contributed by atoms with Gasteiger partial charge in [0.2, 0.25) is 0 Å². The van der Waals surface area contributed by atoms with Crippen molar-refractivity contribution < 1.29 is 8.42 Å². The minimum atomic E-state index is -3.51. The number of hydrogen-bond donors (Lipinski definition) is 1. The van der Waals surface area contributed by atoms with E-state index in [1.54, 1.807) is 42.5 Å². The van der Waals surface area contributed by atoms with E-state index in [2.05, 4.69) is 4.72 Å². The van der Waals surface area contributed by atoms with Crippen LogP contribution in [0.2, 0.25) is 0 Å². The molecule has 0 bridgehead atoms. The Kier molecular flexibility index (Phi) is 3.76. The van der Waals surface area contributed by atoms with Crippen molar-refractivity contribution in [2.24, 2.45) is 0 Å². The summed E-state index contributed by atoms with van der Waals surface area (Å²) in [7, 11) is 0.357. The number of nitrogens with zero attached hydrogens (tertiary/aromatic N) is 1. The number of benzene rings is 2. The summed E-state index contributed by atoms with van der Waals surface area (Å²) in [6.07, 6.45) is 0. The minimum absolute atomic E-state index is 0.256. The number of nitrogens with one attached hydrogen (secondary N) is 1.